The Balaban J connectivity index is 1.66. The summed E-state index contributed by atoms with van der Waals surface area (Å²) in [4.78, 5) is 4.41. The monoisotopic (exact) mass is 247 g/mol. The van der Waals surface area contributed by atoms with E-state index in [4.69, 9.17) is 0 Å². The Kier molecular flexibility index (Phi) is 3.99. The second-order valence-electron chi connectivity index (χ2n) is 6.02. The zero-order valence-corrected chi connectivity index (χ0v) is 11.3. The second-order valence-corrected chi connectivity index (χ2v) is 6.02. The fraction of sp³-hybridized carbons (Fsp3) is 0.800. The van der Waals surface area contributed by atoms with Crippen molar-refractivity contribution in [2.24, 2.45) is 5.92 Å². The van der Waals surface area contributed by atoms with Gasteiger partial charge in [0.1, 0.15) is 0 Å². The van der Waals surface area contributed by atoms with Crippen molar-refractivity contribution in [3.63, 3.8) is 0 Å². The van der Waals surface area contributed by atoms with Crippen LogP contribution < -0.4 is 5.32 Å². The summed E-state index contributed by atoms with van der Waals surface area (Å²) in [5, 5.41) is 3.51. The van der Waals surface area contributed by atoms with Gasteiger partial charge in [-0.2, -0.15) is 0 Å². The van der Waals surface area contributed by atoms with Crippen LogP contribution in [0.5, 0.6) is 0 Å². The summed E-state index contributed by atoms with van der Waals surface area (Å²) in [7, 11) is 0. The molecule has 1 aliphatic heterocycles. The SMILES string of the molecule is c1ncn(CC2CCCNC2)c1C1CCCCC1. The van der Waals surface area contributed by atoms with Gasteiger partial charge in [0.2, 0.25) is 0 Å². The van der Waals surface area contributed by atoms with Crippen LogP contribution in [0.25, 0.3) is 0 Å². The van der Waals surface area contributed by atoms with Crippen LogP contribution in [0.3, 0.4) is 0 Å². The third-order valence-corrected chi connectivity index (χ3v) is 4.62. The molecule has 0 amide bonds. The lowest BCUT2D eigenvalue weighted by Crippen LogP contribution is -2.32. The maximum absolute atomic E-state index is 4.41. The van der Waals surface area contributed by atoms with Gasteiger partial charge in [0.15, 0.2) is 0 Å². The smallest absolute Gasteiger partial charge is 0.0948 e. The summed E-state index contributed by atoms with van der Waals surface area (Å²) in [6.07, 6.45) is 13.8. The van der Waals surface area contributed by atoms with Gasteiger partial charge in [-0.15, -0.1) is 0 Å². The molecule has 2 heterocycles. The highest BCUT2D eigenvalue weighted by Crippen LogP contribution is 2.32. The molecule has 3 rings (SSSR count). The van der Waals surface area contributed by atoms with E-state index in [1.807, 2.05) is 0 Å². The van der Waals surface area contributed by atoms with Gasteiger partial charge in [0.25, 0.3) is 0 Å². The molecule has 1 N–H and O–H groups in total. The van der Waals surface area contributed by atoms with Gasteiger partial charge in [0.05, 0.1) is 6.33 Å². The minimum atomic E-state index is 0.776. The van der Waals surface area contributed by atoms with E-state index in [2.05, 4.69) is 27.4 Å². The van der Waals surface area contributed by atoms with Gasteiger partial charge in [0, 0.05) is 24.4 Å². The molecule has 3 nitrogen and oxygen atoms in total. The zero-order valence-electron chi connectivity index (χ0n) is 11.3. The average molecular weight is 247 g/mol. The molecule has 1 aliphatic carbocycles. The Labute approximate surface area is 110 Å². The summed E-state index contributed by atoms with van der Waals surface area (Å²) >= 11 is 0. The molecular weight excluding hydrogens is 222 g/mol. The van der Waals surface area contributed by atoms with Crippen molar-refractivity contribution in [2.75, 3.05) is 13.1 Å². The van der Waals surface area contributed by atoms with Crippen LogP contribution in [-0.2, 0) is 6.54 Å². The molecule has 2 fully saturated rings. The van der Waals surface area contributed by atoms with Crippen molar-refractivity contribution in [3.05, 3.63) is 18.2 Å². The number of imidazole rings is 1. The van der Waals surface area contributed by atoms with E-state index in [0.717, 1.165) is 11.8 Å². The minimum absolute atomic E-state index is 0.776. The molecule has 0 bridgehead atoms. The molecule has 1 aromatic heterocycles. The molecule has 1 saturated carbocycles. The first-order valence-electron chi connectivity index (χ1n) is 7.64. The van der Waals surface area contributed by atoms with Gasteiger partial charge in [-0.1, -0.05) is 19.3 Å². The average Bonchev–Trinajstić information content (AvgIpc) is 2.89. The highest BCUT2D eigenvalue weighted by molar-refractivity contribution is 5.07. The molecule has 3 heteroatoms. The van der Waals surface area contributed by atoms with Crippen LogP contribution in [0.15, 0.2) is 12.5 Å². The van der Waals surface area contributed by atoms with E-state index < -0.39 is 0 Å². The van der Waals surface area contributed by atoms with Crippen molar-refractivity contribution >= 4 is 0 Å². The van der Waals surface area contributed by atoms with Crippen LogP contribution in [0, 0.1) is 5.92 Å². The van der Waals surface area contributed by atoms with Gasteiger partial charge in [-0.3, -0.25) is 0 Å². The van der Waals surface area contributed by atoms with Crippen molar-refractivity contribution in [2.45, 2.75) is 57.4 Å². The fourth-order valence-corrected chi connectivity index (χ4v) is 3.58. The Morgan fingerprint density at radius 1 is 1.17 bits per heavy atom. The van der Waals surface area contributed by atoms with Crippen LogP contribution in [-0.4, -0.2) is 22.6 Å². The Morgan fingerprint density at radius 2 is 2.06 bits per heavy atom. The molecule has 1 saturated heterocycles. The van der Waals surface area contributed by atoms with E-state index in [0.29, 0.717) is 0 Å². The largest absolute Gasteiger partial charge is 0.334 e. The topological polar surface area (TPSA) is 29.9 Å². The molecule has 1 atom stereocenters. The number of hydrogen-bond acceptors (Lipinski definition) is 2. The van der Waals surface area contributed by atoms with Gasteiger partial charge < -0.3 is 9.88 Å². The first kappa shape index (κ1) is 12.2. The number of nitrogens with zero attached hydrogens (tertiary/aromatic N) is 2. The molecule has 100 valence electrons. The molecule has 0 aromatic carbocycles. The van der Waals surface area contributed by atoms with Crippen molar-refractivity contribution in [1.82, 2.24) is 14.9 Å². The molecule has 1 aromatic rings. The summed E-state index contributed by atoms with van der Waals surface area (Å²) in [5.41, 5.74) is 1.50. The number of piperidine rings is 1. The summed E-state index contributed by atoms with van der Waals surface area (Å²) in [6, 6.07) is 0. The third kappa shape index (κ3) is 2.77. The summed E-state index contributed by atoms with van der Waals surface area (Å²) < 4.78 is 2.44. The Morgan fingerprint density at radius 3 is 2.83 bits per heavy atom. The zero-order chi connectivity index (χ0) is 12.2. The second kappa shape index (κ2) is 5.87. The van der Waals surface area contributed by atoms with Gasteiger partial charge in [-0.05, 0) is 44.7 Å². The lowest BCUT2D eigenvalue weighted by molar-refractivity contribution is 0.326. The molecule has 0 spiro atoms. The molecule has 18 heavy (non-hydrogen) atoms. The Hall–Kier alpha value is -0.830. The standard InChI is InChI=1S/C15H25N3/c1-2-6-14(7-3-1)15-10-17-12-18(15)11-13-5-4-8-16-9-13/h10,12-14,16H,1-9,11H2. The number of nitrogens with one attached hydrogen (secondary N) is 1. The van der Waals surface area contributed by atoms with E-state index in [-0.39, 0.29) is 0 Å². The highest BCUT2D eigenvalue weighted by Gasteiger charge is 2.21. The molecular formula is C15H25N3. The van der Waals surface area contributed by atoms with E-state index in [1.54, 1.807) is 0 Å². The summed E-state index contributed by atoms with van der Waals surface area (Å²) in [5.74, 6) is 1.58. The maximum Gasteiger partial charge on any atom is 0.0948 e. The molecule has 0 radical (unpaired) electrons. The van der Waals surface area contributed by atoms with Crippen molar-refractivity contribution < 1.29 is 0 Å². The lowest BCUT2D eigenvalue weighted by Gasteiger charge is -2.27. The van der Waals surface area contributed by atoms with Crippen LogP contribution >= 0.6 is 0 Å². The maximum atomic E-state index is 4.41. The first-order valence-corrected chi connectivity index (χ1v) is 7.64. The predicted molar refractivity (Wildman–Crippen MR) is 73.6 cm³/mol. The first-order chi connectivity index (χ1) is 8.93. The number of hydrogen-bond donors (Lipinski definition) is 1. The quantitative estimate of drug-likeness (QED) is 0.890. The van der Waals surface area contributed by atoms with Gasteiger partial charge >= 0.3 is 0 Å². The third-order valence-electron chi connectivity index (χ3n) is 4.62. The van der Waals surface area contributed by atoms with E-state index in [1.165, 1.54) is 70.3 Å². The van der Waals surface area contributed by atoms with Crippen molar-refractivity contribution in [3.8, 4) is 0 Å². The number of rotatable bonds is 3. The number of aromatic nitrogens is 2. The van der Waals surface area contributed by atoms with Crippen LogP contribution in [0.1, 0.15) is 56.6 Å². The molecule has 2 aliphatic rings. The van der Waals surface area contributed by atoms with Crippen molar-refractivity contribution in [1.29, 1.82) is 0 Å². The molecule has 1 unspecified atom stereocenters. The Bertz CT molecular complexity index is 360. The fourth-order valence-electron chi connectivity index (χ4n) is 3.58. The normalized spacial score (nSPS) is 26.3. The van der Waals surface area contributed by atoms with Crippen LogP contribution in [0.2, 0.25) is 0 Å². The van der Waals surface area contributed by atoms with E-state index >= 15 is 0 Å². The summed E-state index contributed by atoms with van der Waals surface area (Å²) in [6.45, 7) is 3.55. The lowest BCUT2D eigenvalue weighted by atomic mass is 9.87. The minimum Gasteiger partial charge on any atom is -0.334 e. The van der Waals surface area contributed by atoms with Crippen LogP contribution in [0.4, 0.5) is 0 Å². The predicted octanol–water partition coefficient (Wildman–Crippen LogP) is 2.93. The highest BCUT2D eigenvalue weighted by atomic mass is 15.1. The van der Waals surface area contributed by atoms with E-state index in [9.17, 15) is 0 Å². The van der Waals surface area contributed by atoms with Gasteiger partial charge in [-0.25, -0.2) is 4.98 Å².